The minimum Gasteiger partial charge on any atom is -0.508 e. The van der Waals surface area contributed by atoms with Crippen LogP contribution < -0.4 is 0 Å². The summed E-state index contributed by atoms with van der Waals surface area (Å²) in [6.45, 7) is 0. The molecule has 0 fully saturated rings. The lowest BCUT2D eigenvalue weighted by Gasteiger charge is -2.02. The van der Waals surface area contributed by atoms with Gasteiger partial charge in [0.2, 0.25) is 0 Å². The van der Waals surface area contributed by atoms with E-state index < -0.39 is 5.97 Å². The predicted molar refractivity (Wildman–Crippen MR) is 45.4 cm³/mol. The molecule has 0 atom stereocenters. The summed E-state index contributed by atoms with van der Waals surface area (Å²) in [4.78, 5) is 10.7. The highest BCUT2D eigenvalue weighted by atomic mass is 35.5. The molecule has 1 rings (SSSR count). The van der Waals surface area contributed by atoms with Crippen molar-refractivity contribution in [3.8, 4) is 11.5 Å². The molecule has 1 aromatic rings. The Morgan fingerprint density at radius 2 is 2.15 bits per heavy atom. The third-order valence-corrected chi connectivity index (χ3v) is 1.66. The molecule has 0 radical (unpaired) electrons. The Morgan fingerprint density at radius 1 is 1.46 bits per heavy atom. The first-order chi connectivity index (χ1) is 6.13. The van der Waals surface area contributed by atoms with Crippen molar-refractivity contribution in [3.05, 3.63) is 23.8 Å². The number of halogens is 1. The largest absolute Gasteiger partial charge is 0.508 e. The molecule has 0 aliphatic carbocycles. The third-order valence-electron chi connectivity index (χ3n) is 1.48. The molecule has 0 saturated carbocycles. The van der Waals surface area contributed by atoms with Gasteiger partial charge in [0.25, 0.3) is 0 Å². The lowest BCUT2D eigenvalue weighted by molar-refractivity contribution is -0.133. The highest BCUT2D eigenvalue weighted by Gasteiger charge is 2.08. The van der Waals surface area contributed by atoms with Gasteiger partial charge in [-0.15, -0.1) is 0 Å². The first-order valence-electron chi connectivity index (χ1n) is 3.45. The number of rotatable bonds is 2. The fourth-order valence-electron chi connectivity index (χ4n) is 0.896. The van der Waals surface area contributed by atoms with Crippen LogP contribution in [0.3, 0.4) is 0 Å². The lowest BCUT2D eigenvalue weighted by atomic mass is 10.1. The van der Waals surface area contributed by atoms with Crippen LogP contribution in [-0.2, 0) is 15.5 Å². The van der Waals surface area contributed by atoms with E-state index >= 15 is 0 Å². The summed E-state index contributed by atoms with van der Waals surface area (Å²) in [6, 6.07) is 3.86. The van der Waals surface area contributed by atoms with Crippen molar-refractivity contribution in [2.24, 2.45) is 0 Å². The smallest absolute Gasteiger partial charge is 0.329 e. The molecule has 0 heterocycles. The third kappa shape index (κ3) is 2.52. The van der Waals surface area contributed by atoms with Gasteiger partial charge >= 0.3 is 5.97 Å². The van der Waals surface area contributed by atoms with Crippen LogP contribution in [0.15, 0.2) is 18.2 Å². The molecular weight excluding hydrogens is 196 g/mol. The Morgan fingerprint density at radius 3 is 2.77 bits per heavy atom. The number of phenols is 2. The topological polar surface area (TPSA) is 66.8 Å². The van der Waals surface area contributed by atoms with E-state index in [9.17, 15) is 9.90 Å². The first kappa shape index (κ1) is 9.67. The van der Waals surface area contributed by atoms with Crippen molar-refractivity contribution in [1.29, 1.82) is 0 Å². The van der Waals surface area contributed by atoms with Crippen molar-refractivity contribution < 1.29 is 19.3 Å². The van der Waals surface area contributed by atoms with E-state index in [1.807, 2.05) is 0 Å². The van der Waals surface area contributed by atoms with Crippen LogP contribution >= 0.6 is 11.9 Å². The molecule has 0 aromatic heterocycles. The molecule has 0 saturated heterocycles. The molecule has 4 nitrogen and oxygen atoms in total. The molecule has 0 spiro atoms. The second-order valence-corrected chi connectivity index (χ2v) is 2.59. The van der Waals surface area contributed by atoms with Crippen LogP contribution in [0.2, 0.25) is 0 Å². The average Bonchev–Trinajstić information content (AvgIpc) is 2.11. The monoisotopic (exact) mass is 202 g/mol. The van der Waals surface area contributed by atoms with Gasteiger partial charge in [0.1, 0.15) is 23.4 Å². The van der Waals surface area contributed by atoms with E-state index in [1.165, 1.54) is 18.2 Å². The summed E-state index contributed by atoms with van der Waals surface area (Å²) in [6.07, 6.45) is -0.177. The molecule has 0 aliphatic heterocycles. The molecule has 5 heteroatoms. The molecule has 0 bridgehead atoms. The average molecular weight is 203 g/mol. The maximum Gasteiger partial charge on any atom is 0.329 e. The van der Waals surface area contributed by atoms with Crippen molar-refractivity contribution in [2.45, 2.75) is 6.42 Å². The summed E-state index contributed by atoms with van der Waals surface area (Å²) in [5.74, 6) is -0.808. The second-order valence-electron chi connectivity index (χ2n) is 2.44. The Kier molecular flexibility index (Phi) is 2.97. The minimum atomic E-state index is -0.692. The molecular formula is C8H7ClO4. The van der Waals surface area contributed by atoms with Gasteiger partial charge in [0, 0.05) is 5.56 Å². The van der Waals surface area contributed by atoms with Crippen molar-refractivity contribution in [2.75, 3.05) is 0 Å². The van der Waals surface area contributed by atoms with Gasteiger partial charge < -0.3 is 14.5 Å². The number of hydrogen-bond acceptors (Lipinski definition) is 4. The number of aromatic hydroxyl groups is 2. The quantitative estimate of drug-likeness (QED) is 0.711. The maximum atomic E-state index is 10.7. The van der Waals surface area contributed by atoms with Crippen LogP contribution in [0.1, 0.15) is 5.56 Å². The van der Waals surface area contributed by atoms with Gasteiger partial charge in [0.05, 0.1) is 6.42 Å². The van der Waals surface area contributed by atoms with E-state index in [1.54, 1.807) is 0 Å². The van der Waals surface area contributed by atoms with Gasteiger partial charge in [-0.2, -0.15) is 0 Å². The fraction of sp³-hybridized carbons (Fsp3) is 0.125. The summed E-state index contributed by atoms with van der Waals surface area (Å²) >= 11 is 4.80. The van der Waals surface area contributed by atoms with E-state index in [0.717, 1.165) is 0 Å². The van der Waals surface area contributed by atoms with Gasteiger partial charge in [0.15, 0.2) is 0 Å². The van der Waals surface area contributed by atoms with E-state index in [2.05, 4.69) is 4.29 Å². The maximum absolute atomic E-state index is 10.7. The van der Waals surface area contributed by atoms with Crippen LogP contribution in [0.4, 0.5) is 0 Å². The molecule has 2 N–H and O–H groups in total. The Hall–Kier alpha value is -1.42. The van der Waals surface area contributed by atoms with Gasteiger partial charge in [-0.3, -0.25) is 4.79 Å². The van der Waals surface area contributed by atoms with Crippen LogP contribution in [0.25, 0.3) is 0 Å². The lowest BCUT2D eigenvalue weighted by Crippen LogP contribution is -2.01. The van der Waals surface area contributed by atoms with Crippen molar-refractivity contribution in [3.63, 3.8) is 0 Å². The van der Waals surface area contributed by atoms with E-state index in [4.69, 9.17) is 17.0 Å². The zero-order valence-electron chi connectivity index (χ0n) is 6.53. The Labute approximate surface area is 79.5 Å². The molecule has 0 unspecified atom stereocenters. The number of hydrogen-bond donors (Lipinski definition) is 2. The predicted octanol–water partition coefficient (Wildman–Crippen LogP) is 1.34. The summed E-state index contributed by atoms with van der Waals surface area (Å²) in [5, 5.41) is 18.2. The molecule has 1 aromatic carbocycles. The normalized spacial score (nSPS) is 9.62. The fourth-order valence-corrected chi connectivity index (χ4v) is 0.951. The first-order valence-corrected chi connectivity index (χ1v) is 3.76. The second kappa shape index (κ2) is 4.00. The van der Waals surface area contributed by atoms with Crippen LogP contribution in [0, 0.1) is 0 Å². The van der Waals surface area contributed by atoms with Crippen molar-refractivity contribution in [1.82, 2.24) is 0 Å². The minimum absolute atomic E-state index is 0.0322. The summed E-state index contributed by atoms with van der Waals surface area (Å²) in [5.41, 5.74) is 0.269. The Balaban J connectivity index is 2.87. The van der Waals surface area contributed by atoms with Gasteiger partial charge in [-0.1, -0.05) is 0 Å². The van der Waals surface area contributed by atoms with Gasteiger partial charge in [-0.25, -0.2) is 0 Å². The number of carbonyl (C=O) groups is 1. The zero-order valence-corrected chi connectivity index (χ0v) is 7.28. The summed E-state index contributed by atoms with van der Waals surface area (Å²) < 4.78 is 3.89. The molecule has 0 amide bonds. The summed E-state index contributed by atoms with van der Waals surface area (Å²) in [7, 11) is 0. The highest BCUT2D eigenvalue weighted by Crippen LogP contribution is 2.22. The van der Waals surface area contributed by atoms with Crippen LogP contribution in [-0.4, -0.2) is 16.2 Å². The van der Waals surface area contributed by atoms with E-state index in [0.29, 0.717) is 0 Å². The number of phenolic OH excluding ortho intramolecular Hbond substituents is 2. The number of benzene rings is 1. The van der Waals surface area contributed by atoms with E-state index in [-0.39, 0.29) is 23.5 Å². The zero-order chi connectivity index (χ0) is 9.84. The molecule has 70 valence electrons. The van der Waals surface area contributed by atoms with Gasteiger partial charge in [-0.05, 0) is 18.2 Å². The van der Waals surface area contributed by atoms with Crippen molar-refractivity contribution >= 4 is 17.8 Å². The van der Waals surface area contributed by atoms with Crippen LogP contribution in [0.5, 0.6) is 11.5 Å². The molecule has 13 heavy (non-hydrogen) atoms. The standard InChI is InChI=1S/C8H7ClO4/c9-13-8(12)4-5-3-6(10)1-2-7(5)11/h1-3,10-11H,4H2. The number of carbonyl (C=O) groups excluding carboxylic acids is 1. The highest BCUT2D eigenvalue weighted by molar-refractivity contribution is 6.13. The Bertz CT molecular complexity index is 324. The molecule has 0 aliphatic rings. The SMILES string of the molecule is O=C(Cc1cc(O)ccc1O)OCl.